The van der Waals surface area contributed by atoms with Gasteiger partial charge in [-0.1, -0.05) is 12.1 Å². The third-order valence-electron chi connectivity index (χ3n) is 3.05. The number of nitrogens with one attached hydrogen (secondary N) is 1. The first-order chi connectivity index (χ1) is 10.5. The number of non-ortho nitro benzene ring substituents is 1. The summed E-state index contributed by atoms with van der Waals surface area (Å²) in [7, 11) is 0. The van der Waals surface area contributed by atoms with E-state index in [4.69, 9.17) is 0 Å². The van der Waals surface area contributed by atoms with Gasteiger partial charge in [0.1, 0.15) is 5.01 Å². The Bertz CT molecular complexity index is 856. The van der Waals surface area contributed by atoms with E-state index in [2.05, 4.69) is 10.3 Å². The van der Waals surface area contributed by atoms with Gasteiger partial charge in [-0.15, -0.1) is 11.3 Å². The lowest BCUT2D eigenvalue weighted by Crippen LogP contribution is -2.07. The number of hydrogen-bond donors (Lipinski definition) is 1. The molecule has 0 fully saturated rings. The van der Waals surface area contributed by atoms with Crippen LogP contribution < -0.4 is 5.32 Å². The largest absolute Gasteiger partial charge is 0.325 e. The van der Waals surface area contributed by atoms with Crippen LogP contribution in [0.2, 0.25) is 0 Å². The Morgan fingerprint density at radius 2 is 2.05 bits per heavy atom. The van der Waals surface area contributed by atoms with E-state index in [1.165, 1.54) is 30.4 Å². The summed E-state index contributed by atoms with van der Waals surface area (Å²) in [5.74, 6) is -0.289. The SMILES string of the molecule is CC(=O)Nc1cc([N+](=O)[O-])ccc1-c1nc2ccccc2s1. The molecule has 0 atom stereocenters. The van der Waals surface area contributed by atoms with Gasteiger partial charge in [0.05, 0.1) is 20.8 Å². The maximum absolute atomic E-state index is 11.4. The van der Waals surface area contributed by atoms with Crippen LogP contribution in [0.1, 0.15) is 6.92 Å². The zero-order valence-corrected chi connectivity index (χ0v) is 12.4. The van der Waals surface area contributed by atoms with Crippen LogP contribution in [0.15, 0.2) is 42.5 Å². The molecule has 0 aliphatic rings. The van der Waals surface area contributed by atoms with Gasteiger partial charge in [-0.05, 0) is 18.2 Å². The number of para-hydroxylation sites is 1. The van der Waals surface area contributed by atoms with Crippen molar-refractivity contribution in [1.29, 1.82) is 0 Å². The zero-order valence-electron chi connectivity index (χ0n) is 11.6. The highest BCUT2D eigenvalue weighted by Crippen LogP contribution is 2.36. The van der Waals surface area contributed by atoms with Crippen LogP contribution >= 0.6 is 11.3 Å². The average Bonchev–Trinajstić information content (AvgIpc) is 2.90. The van der Waals surface area contributed by atoms with Crippen molar-refractivity contribution in [2.24, 2.45) is 0 Å². The van der Waals surface area contributed by atoms with Gasteiger partial charge in [0.2, 0.25) is 5.91 Å². The van der Waals surface area contributed by atoms with Gasteiger partial charge in [0.25, 0.3) is 5.69 Å². The zero-order chi connectivity index (χ0) is 15.7. The van der Waals surface area contributed by atoms with Crippen molar-refractivity contribution in [3.63, 3.8) is 0 Å². The molecule has 22 heavy (non-hydrogen) atoms. The molecule has 0 radical (unpaired) electrons. The third kappa shape index (κ3) is 2.66. The molecular formula is C15H11N3O3S. The Labute approximate surface area is 129 Å². The minimum Gasteiger partial charge on any atom is -0.325 e. The van der Waals surface area contributed by atoms with Crippen molar-refractivity contribution in [2.45, 2.75) is 6.92 Å². The molecule has 0 saturated heterocycles. The highest BCUT2D eigenvalue weighted by molar-refractivity contribution is 7.21. The lowest BCUT2D eigenvalue weighted by atomic mass is 10.1. The Kier molecular flexibility index (Phi) is 3.56. The van der Waals surface area contributed by atoms with Crippen molar-refractivity contribution in [3.8, 4) is 10.6 Å². The molecule has 0 saturated carbocycles. The van der Waals surface area contributed by atoms with Gasteiger partial charge in [-0.25, -0.2) is 4.98 Å². The second-order valence-corrected chi connectivity index (χ2v) is 5.69. The number of benzene rings is 2. The first-order valence-corrected chi connectivity index (χ1v) is 7.28. The number of fused-ring (bicyclic) bond motifs is 1. The standard InChI is InChI=1S/C15H11N3O3S/c1-9(19)16-13-8-10(18(20)21)6-7-11(13)15-17-12-4-2-3-5-14(12)22-15/h2-8H,1H3,(H,16,19). The van der Waals surface area contributed by atoms with Crippen molar-refractivity contribution in [3.05, 3.63) is 52.6 Å². The monoisotopic (exact) mass is 313 g/mol. The first kappa shape index (κ1) is 14.2. The van der Waals surface area contributed by atoms with Gasteiger partial charge in [-0.2, -0.15) is 0 Å². The van der Waals surface area contributed by atoms with Gasteiger partial charge in [-0.3, -0.25) is 14.9 Å². The van der Waals surface area contributed by atoms with E-state index in [0.29, 0.717) is 16.3 Å². The number of carbonyl (C=O) groups is 1. The van der Waals surface area contributed by atoms with Crippen molar-refractivity contribution in [1.82, 2.24) is 4.98 Å². The second-order valence-electron chi connectivity index (χ2n) is 4.65. The molecule has 1 N–H and O–H groups in total. The molecule has 7 heteroatoms. The van der Waals surface area contributed by atoms with Crippen LogP contribution in [-0.4, -0.2) is 15.8 Å². The fourth-order valence-corrected chi connectivity index (χ4v) is 3.12. The highest BCUT2D eigenvalue weighted by Gasteiger charge is 2.16. The Morgan fingerprint density at radius 1 is 1.27 bits per heavy atom. The number of thiazole rings is 1. The summed E-state index contributed by atoms with van der Waals surface area (Å²) in [6.07, 6.45) is 0. The maximum Gasteiger partial charge on any atom is 0.271 e. The van der Waals surface area contributed by atoms with Crippen LogP contribution in [0.5, 0.6) is 0 Å². The van der Waals surface area contributed by atoms with Crippen LogP contribution in [0, 0.1) is 10.1 Å². The fourth-order valence-electron chi connectivity index (χ4n) is 2.11. The van der Waals surface area contributed by atoms with E-state index in [1.807, 2.05) is 24.3 Å². The maximum atomic E-state index is 11.4. The summed E-state index contributed by atoms with van der Waals surface area (Å²) in [5, 5.41) is 14.3. The molecule has 0 bridgehead atoms. The molecule has 3 rings (SSSR count). The van der Waals surface area contributed by atoms with Crippen LogP contribution in [0.25, 0.3) is 20.8 Å². The number of amides is 1. The van der Waals surface area contributed by atoms with E-state index in [-0.39, 0.29) is 11.6 Å². The van der Waals surface area contributed by atoms with Crippen LogP contribution in [0.3, 0.4) is 0 Å². The minimum absolute atomic E-state index is 0.0754. The number of nitro groups is 1. The number of nitrogens with zero attached hydrogens (tertiary/aromatic N) is 2. The van der Waals surface area contributed by atoms with E-state index in [9.17, 15) is 14.9 Å². The number of rotatable bonds is 3. The Morgan fingerprint density at radius 3 is 2.73 bits per heavy atom. The first-order valence-electron chi connectivity index (χ1n) is 6.46. The number of carbonyl (C=O) groups excluding carboxylic acids is 1. The molecule has 3 aromatic rings. The van der Waals surface area contributed by atoms with E-state index in [0.717, 1.165) is 10.2 Å². The van der Waals surface area contributed by atoms with Crippen molar-refractivity contribution >= 4 is 38.8 Å². The average molecular weight is 313 g/mol. The highest BCUT2D eigenvalue weighted by atomic mass is 32.1. The number of anilines is 1. The van der Waals surface area contributed by atoms with Crippen molar-refractivity contribution in [2.75, 3.05) is 5.32 Å². The number of nitro benzene ring substituents is 1. The molecule has 6 nitrogen and oxygen atoms in total. The molecule has 110 valence electrons. The number of hydrogen-bond acceptors (Lipinski definition) is 5. The molecule has 1 aromatic heterocycles. The number of aromatic nitrogens is 1. The Hall–Kier alpha value is -2.80. The van der Waals surface area contributed by atoms with Crippen LogP contribution in [0.4, 0.5) is 11.4 Å². The van der Waals surface area contributed by atoms with Gasteiger partial charge < -0.3 is 5.32 Å². The fraction of sp³-hybridized carbons (Fsp3) is 0.0667. The van der Waals surface area contributed by atoms with E-state index >= 15 is 0 Å². The summed E-state index contributed by atoms with van der Waals surface area (Å²) in [6.45, 7) is 1.36. The van der Waals surface area contributed by atoms with Gasteiger partial charge >= 0.3 is 0 Å². The predicted octanol–water partition coefficient (Wildman–Crippen LogP) is 3.83. The quantitative estimate of drug-likeness (QED) is 0.588. The van der Waals surface area contributed by atoms with Crippen molar-refractivity contribution < 1.29 is 9.72 Å². The molecule has 0 aliphatic carbocycles. The molecule has 0 aliphatic heterocycles. The normalized spacial score (nSPS) is 10.6. The van der Waals surface area contributed by atoms with E-state index < -0.39 is 4.92 Å². The van der Waals surface area contributed by atoms with E-state index in [1.54, 1.807) is 6.07 Å². The lowest BCUT2D eigenvalue weighted by Gasteiger charge is -2.07. The summed E-state index contributed by atoms with van der Waals surface area (Å²) in [5.41, 5.74) is 1.84. The van der Waals surface area contributed by atoms with Crippen LogP contribution in [-0.2, 0) is 4.79 Å². The molecule has 1 heterocycles. The molecule has 0 unspecified atom stereocenters. The van der Waals surface area contributed by atoms with Gasteiger partial charge in [0, 0.05) is 24.6 Å². The predicted molar refractivity (Wildman–Crippen MR) is 86.0 cm³/mol. The molecule has 1 amide bonds. The van der Waals surface area contributed by atoms with Gasteiger partial charge in [0.15, 0.2) is 0 Å². The molecular weight excluding hydrogens is 302 g/mol. The molecule has 2 aromatic carbocycles. The lowest BCUT2D eigenvalue weighted by molar-refractivity contribution is -0.384. The topological polar surface area (TPSA) is 85.1 Å². The summed E-state index contributed by atoms with van der Waals surface area (Å²) >= 11 is 1.47. The summed E-state index contributed by atoms with van der Waals surface area (Å²) in [4.78, 5) is 26.3. The third-order valence-corrected chi connectivity index (χ3v) is 4.12. The Balaban J connectivity index is 2.15. The second kappa shape index (κ2) is 5.53. The smallest absolute Gasteiger partial charge is 0.271 e. The molecule has 0 spiro atoms. The summed E-state index contributed by atoms with van der Waals surface area (Å²) in [6, 6.07) is 12.1. The minimum atomic E-state index is -0.493. The summed E-state index contributed by atoms with van der Waals surface area (Å²) < 4.78 is 1.02.